The minimum atomic E-state index is -0.192. The standard InChI is InChI=1S/C9H9N3OS/c1-6-7(5-10)8(13)12-4-2-3-11-9(12)14-6/h2-4H2,1H3. The van der Waals surface area contributed by atoms with Crippen LogP contribution in [0.15, 0.2) is 15.5 Å². The predicted molar refractivity (Wildman–Crippen MR) is 54.5 cm³/mol. The SMILES string of the molecule is CC1=C(C#N)C(=O)N2CCCN=C2S1. The van der Waals surface area contributed by atoms with E-state index in [1.54, 1.807) is 11.8 Å². The van der Waals surface area contributed by atoms with Crippen molar-refractivity contribution in [3.63, 3.8) is 0 Å². The zero-order chi connectivity index (χ0) is 10.1. The second-order valence-electron chi connectivity index (χ2n) is 3.12. The summed E-state index contributed by atoms with van der Waals surface area (Å²) in [6.45, 7) is 3.25. The molecule has 0 radical (unpaired) electrons. The molecule has 0 aromatic rings. The molecule has 72 valence electrons. The molecule has 0 bridgehead atoms. The average Bonchev–Trinajstić information content (AvgIpc) is 2.18. The van der Waals surface area contributed by atoms with Gasteiger partial charge in [-0.2, -0.15) is 5.26 Å². The number of amidine groups is 1. The van der Waals surface area contributed by atoms with Crippen LogP contribution in [0.2, 0.25) is 0 Å². The summed E-state index contributed by atoms with van der Waals surface area (Å²) in [5.74, 6) is -0.192. The fraction of sp³-hybridized carbons (Fsp3) is 0.444. The minimum absolute atomic E-state index is 0.192. The summed E-state index contributed by atoms with van der Waals surface area (Å²) in [7, 11) is 0. The molecule has 0 aliphatic carbocycles. The van der Waals surface area contributed by atoms with Crippen LogP contribution < -0.4 is 0 Å². The largest absolute Gasteiger partial charge is 0.286 e. The smallest absolute Gasteiger partial charge is 0.271 e. The van der Waals surface area contributed by atoms with E-state index in [9.17, 15) is 4.79 Å². The maximum absolute atomic E-state index is 11.8. The topological polar surface area (TPSA) is 56.5 Å². The van der Waals surface area contributed by atoms with Crippen LogP contribution in [0.5, 0.6) is 0 Å². The number of amides is 1. The quantitative estimate of drug-likeness (QED) is 0.598. The van der Waals surface area contributed by atoms with Crippen LogP contribution in [0.3, 0.4) is 0 Å². The van der Waals surface area contributed by atoms with Crippen LogP contribution in [0.4, 0.5) is 0 Å². The number of hydrogen-bond donors (Lipinski definition) is 0. The van der Waals surface area contributed by atoms with Crippen molar-refractivity contribution in [1.29, 1.82) is 5.26 Å². The number of hydrogen-bond acceptors (Lipinski definition) is 4. The lowest BCUT2D eigenvalue weighted by Gasteiger charge is -2.30. The number of aliphatic imine (C=N–C) groups is 1. The van der Waals surface area contributed by atoms with E-state index in [1.165, 1.54) is 11.8 Å². The Hall–Kier alpha value is -1.28. The molecule has 5 heteroatoms. The zero-order valence-corrected chi connectivity index (χ0v) is 8.60. The van der Waals surface area contributed by atoms with Gasteiger partial charge >= 0.3 is 0 Å². The average molecular weight is 207 g/mol. The van der Waals surface area contributed by atoms with Gasteiger partial charge in [0, 0.05) is 18.0 Å². The fourth-order valence-corrected chi connectivity index (χ4v) is 2.41. The van der Waals surface area contributed by atoms with Crippen molar-refractivity contribution < 1.29 is 4.79 Å². The van der Waals surface area contributed by atoms with Crippen molar-refractivity contribution in [2.24, 2.45) is 4.99 Å². The highest BCUT2D eigenvalue weighted by Gasteiger charge is 2.31. The van der Waals surface area contributed by atoms with Gasteiger partial charge in [0.25, 0.3) is 5.91 Å². The number of carbonyl (C=O) groups is 1. The van der Waals surface area contributed by atoms with Crippen LogP contribution in [-0.2, 0) is 4.79 Å². The van der Waals surface area contributed by atoms with E-state index in [1.807, 2.05) is 6.07 Å². The maximum Gasteiger partial charge on any atom is 0.271 e. The van der Waals surface area contributed by atoms with Gasteiger partial charge in [-0.1, -0.05) is 11.8 Å². The van der Waals surface area contributed by atoms with Crippen molar-refractivity contribution in [2.75, 3.05) is 13.1 Å². The van der Waals surface area contributed by atoms with Gasteiger partial charge in [-0.15, -0.1) is 0 Å². The molecule has 0 atom stereocenters. The number of fused-ring (bicyclic) bond motifs is 1. The summed E-state index contributed by atoms with van der Waals surface area (Å²) in [6, 6.07) is 1.95. The number of thioether (sulfide) groups is 1. The number of nitriles is 1. The maximum atomic E-state index is 11.8. The second-order valence-corrected chi connectivity index (χ2v) is 4.30. The van der Waals surface area contributed by atoms with E-state index in [2.05, 4.69) is 4.99 Å². The van der Waals surface area contributed by atoms with Crippen molar-refractivity contribution in [3.8, 4) is 6.07 Å². The number of nitrogens with zero attached hydrogens (tertiary/aromatic N) is 3. The molecule has 0 spiro atoms. The summed E-state index contributed by atoms with van der Waals surface area (Å²) >= 11 is 1.42. The summed E-state index contributed by atoms with van der Waals surface area (Å²) < 4.78 is 0. The lowest BCUT2D eigenvalue weighted by atomic mass is 10.2. The summed E-state index contributed by atoms with van der Waals surface area (Å²) in [5, 5.41) is 9.56. The van der Waals surface area contributed by atoms with Crippen molar-refractivity contribution in [3.05, 3.63) is 10.5 Å². The van der Waals surface area contributed by atoms with Gasteiger partial charge in [-0.25, -0.2) is 0 Å². The molecule has 14 heavy (non-hydrogen) atoms. The first-order valence-corrected chi connectivity index (χ1v) is 5.21. The first-order chi connectivity index (χ1) is 6.74. The highest BCUT2D eigenvalue weighted by molar-refractivity contribution is 8.17. The summed E-state index contributed by atoms with van der Waals surface area (Å²) in [4.78, 5) is 18.4. The Balaban J connectivity index is 2.42. The Labute approximate surface area is 86.3 Å². The van der Waals surface area contributed by atoms with Gasteiger partial charge in [-0.3, -0.25) is 14.7 Å². The van der Waals surface area contributed by atoms with Gasteiger partial charge in [0.05, 0.1) is 0 Å². The van der Waals surface area contributed by atoms with E-state index < -0.39 is 0 Å². The molecule has 2 aliphatic heterocycles. The zero-order valence-electron chi connectivity index (χ0n) is 7.78. The molecular formula is C9H9N3OS. The monoisotopic (exact) mass is 207 g/mol. The van der Waals surface area contributed by atoms with E-state index in [4.69, 9.17) is 5.26 Å². The third-order valence-electron chi connectivity index (χ3n) is 2.19. The first kappa shape index (κ1) is 9.28. The Bertz CT molecular complexity index is 391. The molecule has 0 aromatic heterocycles. The van der Waals surface area contributed by atoms with E-state index >= 15 is 0 Å². The highest BCUT2D eigenvalue weighted by Crippen LogP contribution is 2.31. The van der Waals surface area contributed by atoms with Crippen LogP contribution in [0.25, 0.3) is 0 Å². The van der Waals surface area contributed by atoms with Crippen LogP contribution >= 0.6 is 11.8 Å². The lowest BCUT2D eigenvalue weighted by Crippen LogP contribution is -2.42. The normalized spacial score (nSPS) is 21.6. The third-order valence-corrected chi connectivity index (χ3v) is 3.23. The highest BCUT2D eigenvalue weighted by atomic mass is 32.2. The molecule has 2 heterocycles. The van der Waals surface area contributed by atoms with Gasteiger partial charge in [-0.05, 0) is 13.3 Å². The molecule has 0 aromatic carbocycles. The molecule has 0 N–H and O–H groups in total. The van der Waals surface area contributed by atoms with Gasteiger partial charge < -0.3 is 0 Å². The molecule has 1 amide bonds. The minimum Gasteiger partial charge on any atom is -0.286 e. The summed E-state index contributed by atoms with van der Waals surface area (Å²) in [5.41, 5.74) is 0.260. The molecule has 0 unspecified atom stereocenters. The Kier molecular flexibility index (Phi) is 2.30. The molecule has 2 rings (SSSR count). The number of allylic oxidation sites excluding steroid dienone is 1. The van der Waals surface area contributed by atoms with Crippen LogP contribution in [0.1, 0.15) is 13.3 Å². The number of carbonyl (C=O) groups excluding carboxylic acids is 1. The van der Waals surface area contributed by atoms with Gasteiger partial charge in [0.2, 0.25) is 0 Å². The Morgan fingerprint density at radius 3 is 3.14 bits per heavy atom. The van der Waals surface area contributed by atoms with Gasteiger partial charge in [0.1, 0.15) is 11.6 Å². The fourth-order valence-electron chi connectivity index (χ4n) is 1.46. The molecule has 4 nitrogen and oxygen atoms in total. The lowest BCUT2D eigenvalue weighted by molar-refractivity contribution is -0.123. The summed E-state index contributed by atoms with van der Waals surface area (Å²) in [6.07, 6.45) is 0.882. The Morgan fingerprint density at radius 1 is 1.64 bits per heavy atom. The molecule has 0 fully saturated rings. The van der Waals surface area contributed by atoms with Crippen molar-refractivity contribution in [2.45, 2.75) is 13.3 Å². The van der Waals surface area contributed by atoms with E-state index in [0.717, 1.165) is 23.0 Å². The van der Waals surface area contributed by atoms with Crippen LogP contribution in [-0.4, -0.2) is 29.1 Å². The first-order valence-electron chi connectivity index (χ1n) is 4.39. The van der Waals surface area contributed by atoms with Crippen molar-refractivity contribution in [1.82, 2.24) is 4.90 Å². The second kappa shape index (κ2) is 3.46. The van der Waals surface area contributed by atoms with E-state index in [0.29, 0.717) is 6.54 Å². The number of rotatable bonds is 0. The van der Waals surface area contributed by atoms with Crippen molar-refractivity contribution >= 4 is 22.8 Å². The van der Waals surface area contributed by atoms with E-state index in [-0.39, 0.29) is 11.5 Å². The molecule has 0 saturated heterocycles. The molecule has 0 saturated carbocycles. The molecule has 2 aliphatic rings. The molecular weight excluding hydrogens is 198 g/mol. The predicted octanol–water partition coefficient (Wildman–Crippen LogP) is 1.12. The Morgan fingerprint density at radius 2 is 2.43 bits per heavy atom. The third kappa shape index (κ3) is 1.32. The van der Waals surface area contributed by atoms with Crippen LogP contribution in [0, 0.1) is 11.3 Å². The van der Waals surface area contributed by atoms with Gasteiger partial charge in [0.15, 0.2) is 5.17 Å².